The summed E-state index contributed by atoms with van der Waals surface area (Å²) >= 11 is 5.60. The van der Waals surface area contributed by atoms with Crippen molar-refractivity contribution in [2.45, 2.75) is 31.4 Å². The first-order valence-electron chi connectivity index (χ1n) is 10.4. The van der Waals surface area contributed by atoms with Crippen LogP contribution in [0.5, 0.6) is 0 Å². The highest BCUT2D eigenvalue weighted by Crippen LogP contribution is 2.34. The first kappa shape index (κ1) is 23.8. The Morgan fingerprint density at radius 2 is 1.75 bits per heavy atom. The quantitative estimate of drug-likeness (QED) is 0.463. The van der Waals surface area contributed by atoms with Crippen molar-refractivity contribution in [2.75, 3.05) is 25.6 Å². The summed E-state index contributed by atoms with van der Waals surface area (Å²) < 4.78 is 37.9. The number of nitrogens with one attached hydrogen (secondary N) is 1. The van der Waals surface area contributed by atoms with Gasteiger partial charge >= 0.3 is 12.2 Å². The molecule has 2 aromatic rings. The van der Waals surface area contributed by atoms with Crippen LogP contribution in [0.2, 0.25) is 0 Å². The van der Waals surface area contributed by atoms with Crippen LogP contribution in [0.4, 0.5) is 18.4 Å². The zero-order chi connectivity index (χ0) is 23.0. The maximum Gasteiger partial charge on any atom is 0.410 e. The average Bonchev–Trinajstić information content (AvgIpc) is 2.80. The molecular formula is C23H25ClF2N2O4. The van der Waals surface area contributed by atoms with E-state index in [0.29, 0.717) is 17.9 Å². The second-order valence-corrected chi connectivity index (χ2v) is 7.92. The topological polar surface area (TPSA) is 67.9 Å². The first-order valence-corrected chi connectivity index (χ1v) is 10.9. The molecule has 0 spiro atoms. The fraction of sp³-hybridized carbons (Fsp3) is 0.391. The van der Waals surface area contributed by atoms with Gasteiger partial charge < -0.3 is 19.7 Å². The third-order valence-corrected chi connectivity index (χ3v) is 5.67. The van der Waals surface area contributed by atoms with Gasteiger partial charge in [0.1, 0.15) is 6.61 Å². The van der Waals surface area contributed by atoms with E-state index in [2.05, 4.69) is 5.32 Å². The van der Waals surface area contributed by atoms with E-state index < -0.39 is 29.4 Å². The second kappa shape index (κ2) is 11.1. The molecule has 1 saturated heterocycles. The largest absolute Gasteiger partial charge is 0.450 e. The van der Waals surface area contributed by atoms with Gasteiger partial charge in [0.2, 0.25) is 0 Å². The van der Waals surface area contributed by atoms with Crippen LogP contribution in [0, 0.1) is 11.6 Å². The van der Waals surface area contributed by atoms with E-state index in [1.54, 1.807) is 0 Å². The molecule has 1 heterocycles. The third kappa shape index (κ3) is 6.09. The van der Waals surface area contributed by atoms with Gasteiger partial charge in [-0.25, -0.2) is 18.4 Å². The summed E-state index contributed by atoms with van der Waals surface area (Å²) in [6, 6.07) is 12.8. The number of ether oxygens (including phenoxy) is 2. The average molecular weight is 467 g/mol. The molecule has 0 bridgehead atoms. The molecule has 1 aliphatic rings. The number of hydrogen-bond donors (Lipinski definition) is 1. The molecule has 0 radical (unpaired) electrons. The predicted octanol–water partition coefficient (Wildman–Crippen LogP) is 4.95. The van der Waals surface area contributed by atoms with Gasteiger partial charge in [-0.3, -0.25) is 0 Å². The number of rotatable bonds is 7. The van der Waals surface area contributed by atoms with Gasteiger partial charge in [0.15, 0.2) is 11.6 Å². The molecular weight excluding hydrogens is 442 g/mol. The van der Waals surface area contributed by atoms with Gasteiger partial charge in [-0.15, -0.1) is 11.6 Å². The molecule has 2 aromatic carbocycles. The summed E-state index contributed by atoms with van der Waals surface area (Å²) in [4.78, 5) is 26.4. The lowest BCUT2D eigenvalue weighted by atomic mass is 9.81. The number of nitrogens with zero attached hydrogens (tertiary/aromatic N) is 1. The van der Waals surface area contributed by atoms with E-state index in [9.17, 15) is 18.4 Å². The lowest BCUT2D eigenvalue weighted by Crippen LogP contribution is -2.54. The molecule has 0 atom stereocenters. The lowest BCUT2D eigenvalue weighted by Gasteiger charge is -2.42. The van der Waals surface area contributed by atoms with Crippen LogP contribution in [-0.4, -0.2) is 42.7 Å². The molecule has 32 heavy (non-hydrogen) atoms. The summed E-state index contributed by atoms with van der Waals surface area (Å²) in [6.45, 7) is 0.805. The molecule has 9 heteroatoms. The minimum atomic E-state index is -1.01. The normalized spacial score (nSPS) is 15.2. The van der Waals surface area contributed by atoms with Crippen LogP contribution in [0.1, 0.15) is 30.4 Å². The molecule has 0 unspecified atom stereocenters. The van der Waals surface area contributed by atoms with Gasteiger partial charge in [0.25, 0.3) is 0 Å². The van der Waals surface area contributed by atoms with E-state index >= 15 is 0 Å². The van der Waals surface area contributed by atoms with Crippen molar-refractivity contribution in [3.05, 3.63) is 71.3 Å². The van der Waals surface area contributed by atoms with Crippen LogP contribution in [-0.2, 0) is 21.6 Å². The number of alkyl halides is 1. The molecule has 2 amide bonds. The maximum atomic E-state index is 13.9. The molecule has 1 N–H and O–H groups in total. The fourth-order valence-electron chi connectivity index (χ4n) is 3.61. The van der Waals surface area contributed by atoms with E-state index in [1.165, 1.54) is 11.0 Å². The predicted molar refractivity (Wildman–Crippen MR) is 115 cm³/mol. The Hall–Kier alpha value is -2.87. The standard InChI is InChI=1S/C23H25ClF2N2O4/c24-11-4-14-31-21(29)27-23(18-7-8-19(25)20(26)15-18)9-12-28(13-10-23)22(30)32-16-17-5-2-1-3-6-17/h1-3,5-8,15H,4,9-14,16H2,(H,27,29). The molecule has 3 rings (SSSR count). The molecule has 1 fully saturated rings. The van der Waals surface area contributed by atoms with E-state index in [0.717, 1.165) is 17.7 Å². The zero-order valence-electron chi connectivity index (χ0n) is 17.5. The number of amides is 2. The monoisotopic (exact) mass is 466 g/mol. The Balaban J connectivity index is 1.67. The number of hydrogen-bond acceptors (Lipinski definition) is 4. The molecule has 0 saturated carbocycles. The van der Waals surface area contributed by atoms with E-state index in [-0.39, 0.29) is 39.1 Å². The number of likely N-dealkylation sites (tertiary alicyclic amines) is 1. The van der Waals surface area contributed by atoms with Crippen LogP contribution in [0.25, 0.3) is 0 Å². The Labute approximate surface area is 190 Å². The van der Waals surface area contributed by atoms with Crippen molar-refractivity contribution in [1.82, 2.24) is 10.2 Å². The van der Waals surface area contributed by atoms with Gasteiger partial charge in [0.05, 0.1) is 12.1 Å². The van der Waals surface area contributed by atoms with Crippen molar-refractivity contribution in [1.29, 1.82) is 0 Å². The summed E-state index contributed by atoms with van der Waals surface area (Å²) in [5, 5.41) is 2.80. The Morgan fingerprint density at radius 3 is 2.41 bits per heavy atom. The number of benzene rings is 2. The van der Waals surface area contributed by atoms with E-state index in [1.807, 2.05) is 30.3 Å². The summed E-state index contributed by atoms with van der Waals surface area (Å²) in [6.07, 6.45) is -0.0992. The molecule has 0 aliphatic carbocycles. The summed E-state index contributed by atoms with van der Waals surface area (Å²) in [7, 11) is 0. The number of piperidine rings is 1. The van der Waals surface area contributed by atoms with Gasteiger partial charge in [-0.1, -0.05) is 36.4 Å². The molecule has 1 aliphatic heterocycles. The Bertz CT molecular complexity index is 921. The van der Waals surface area contributed by atoms with Gasteiger partial charge in [-0.05, 0) is 42.5 Å². The van der Waals surface area contributed by atoms with Crippen LogP contribution >= 0.6 is 11.6 Å². The van der Waals surface area contributed by atoms with Crippen LogP contribution in [0.15, 0.2) is 48.5 Å². The lowest BCUT2D eigenvalue weighted by molar-refractivity contribution is 0.0683. The highest BCUT2D eigenvalue weighted by molar-refractivity contribution is 6.17. The van der Waals surface area contributed by atoms with Crippen molar-refractivity contribution < 1.29 is 27.8 Å². The minimum Gasteiger partial charge on any atom is -0.450 e. The number of carbonyl (C=O) groups excluding carboxylic acids is 2. The highest BCUT2D eigenvalue weighted by atomic mass is 35.5. The Morgan fingerprint density at radius 1 is 1.03 bits per heavy atom. The highest BCUT2D eigenvalue weighted by Gasteiger charge is 2.40. The summed E-state index contributed by atoms with van der Waals surface area (Å²) in [5.41, 5.74) is 0.265. The fourth-order valence-corrected chi connectivity index (χ4v) is 3.72. The van der Waals surface area contributed by atoms with Crippen molar-refractivity contribution >= 4 is 23.8 Å². The SMILES string of the molecule is O=C(NC1(c2ccc(F)c(F)c2)CCN(C(=O)OCc2ccccc2)CC1)OCCCCl. The first-order chi connectivity index (χ1) is 15.4. The van der Waals surface area contributed by atoms with Gasteiger partial charge in [-0.2, -0.15) is 0 Å². The summed E-state index contributed by atoms with van der Waals surface area (Å²) in [5.74, 6) is -1.64. The van der Waals surface area contributed by atoms with Crippen molar-refractivity contribution in [3.8, 4) is 0 Å². The maximum absolute atomic E-state index is 13.9. The molecule has 0 aromatic heterocycles. The smallest absolute Gasteiger partial charge is 0.410 e. The van der Waals surface area contributed by atoms with Crippen LogP contribution < -0.4 is 5.32 Å². The van der Waals surface area contributed by atoms with Crippen LogP contribution in [0.3, 0.4) is 0 Å². The zero-order valence-corrected chi connectivity index (χ0v) is 18.2. The number of alkyl carbamates (subject to hydrolysis) is 1. The van der Waals surface area contributed by atoms with E-state index in [4.69, 9.17) is 21.1 Å². The third-order valence-electron chi connectivity index (χ3n) is 5.40. The second-order valence-electron chi connectivity index (χ2n) is 7.54. The van der Waals surface area contributed by atoms with Crippen molar-refractivity contribution in [3.63, 3.8) is 0 Å². The molecule has 6 nitrogen and oxygen atoms in total. The Kier molecular flexibility index (Phi) is 8.27. The van der Waals surface area contributed by atoms with Crippen molar-refractivity contribution in [2.24, 2.45) is 0 Å². The van der Waals surface area contributed by atoms with Gasteiger partial charge in [0, 0.05) is 19.0 Å². The minimum absolute atomic E-state index is 0.140. The number of carbonyl (C=O) groups is 2. The molecule has 172 valence electrons. The number of halogens is 3.